The summed E-state index contributed by atoms with van der Waals surface area (Å²) in [7, 11) is 0. The highest BCUT2D eigenvalue weighted by Crippen LogP contribution is 2.59. The number of benzene rings is 1. The van der Waals surface area contributed by atoms with Gasteiger partial charge >= 0.3 is 11.9 Å². The zero-order valence-electron chi connectivity index (χ0n) is 18.1. The average molecular weight is 456 g/mol. The van der Waals surface area contributed by atoms with Crippen molar-refractivity contribution >= 4 is 23.5 Å². The summed E-state index contributed by atoms with van der Waals surface area (Å²) in [6.45, 7) is 3.94. The van der Waals surface area contributed by atoms with E-state index in [1.807, 2.05) is 44.2 Å². The molecule has 0 amide bonds. The largest absolute Gasteiger partial charge is 0.463 e. The van der Waals surface area contributed by atoms with Crippen molar-refractivity contribution in [3.05, 3.63) is 66.5 Å². The fourth-order valence-electron chi connectivity index (χ4n) is 3.83. The Bertz CT molecular complexity index is 976. The minimum Gasteiger partial charge on any atom is -0.463 e. The van der Waals surface area contributed by atoms with Crippen molar-refractivity contribution in [1.29, 1.82) is 5.26 Å². The van der Waals surface area contributed by atoms with Crippen LogP contribution in [0.1, 0.15) is 20.3 Å². The lowest BCUT2D eigenvalue weighted by Crippen LogP contribution is -2.28. The quantitative estimate of drug-likeness (QED) is 0.308. The number of nitriles is 1. The number of carbonyl (C=O) groups is 2. The van der Waals surface area contributed by atoms with Gasteiger partial charge in [0.25, 0.3) is 0 Å². The number of carbonyl (C=O) groups excluding carboxylic acids is 2. The van der Waals surface area contributed by atoms with Crippen LogP contribution in [-0.4, -0.2) is 31.0 Å². The molecule has 0 N–H and O–H groups in total. The third-order valence-electron chi connectivity index (χ3n) is 5.80. The first-order valence-corrected chi connectivity index (χ1v) is 10.9. The molecular formula is C25H26ClNO5. The molecule has 1 unspecified atom stereocenters. The molecule has 6 nitrogen and oxygen atoms in total. The van der Waals surface area contributed by atoms with Crippen LogP contribution in [0.4, 0.5) is 0 Å². The number of hydrogen-bond acceptors (Lipinski definition) is 6. The Morgan fingerprint density at radius 3 is 2.69 bits per heavy atom. The van der Waals surface area contributed by atoms with Crippen molar-refractivity contribution in [2.75, 3.05) is 19.1 Å². The highest BCUT2D eigenvalue weighted by atomic mass is 35.5. The summed E-state index contributed by atoms with van der Waals surface area (Å²) in [5.74, 6) is 0.118. The summed E-state index contributed by atoms with van der Waals surface area (Å²) < 4.78 is 16.3. The highest BCUT2D eigenvalue weighted by molar-refractivity contribution is 6.18. The number of nitrogens with zero attached hydrogens (tertiary/aromatic N) is 1. The van der Waals surface area contributed by atoms with Crippen molar-refractivity contribution in [3.63, 3.8) is 0 Å². The zero-order valence-corrected chi connectivity index (χ0v) is 18.9. The van der Waals surface area contributed by atoms with Crippen LogP contribution in [0.3, 0.4) is 0 Å². The Morgan fingerprint density at radius 1 is 1.25 bits per heavy atom. The van der Waals surface area contributed by atoms with Crippen molar-refractivity contribution in [2.45, 2.75) is 20.3 Å². The molecule has 3 rings (SSSR count). The van der Waals surface area contributed by atoms with E-state index in [0.29, 0.717) is 17.9 Å². The lowest BCUT2D eigenvalue weighted by Gasteiger charge is -2.26. The average Bonchev–Trinajstić information content (AvgIpc) is 3.35. The van der Waals surface area contributed by atoms with Crippen LogP contribution in [0.5, 0.6) is 5.75 Å². The van der Waals surface area contributed by atoms with Crippen molar-refractivity contribution in [3.8, 4) is 11.8 Å². The number of alkyl halides is 1. The van der Waals surface area contributed by atoms with Gasteiger partial charge in [0.2, 0.25) is 0 Å². The Morgan fingerprint density at radius 2 is 2.00 bits per heavy atom. The van der Waals surface area contributed by atoms with Gasteiger partial charge in [-0.05, 0) is 29.5 Å². The van der Waals surface area contributed by atoms with Gasteiger partial charge in [0.1, 0.15) is 30.1 Å². The van der Waals surface area contributed by atoms with E-state index in [-0.39, 0.29) is 36.4 Å². The molecule has 168 valence electrons. The third kappa shape index (κ3) is 5.60. The lowest BCUT2D eigenvalue weighted by molar-refractivity contribution is -0.148. The zero-order chi connectivity index (χ0) is 23.2. The standard InChI is InChI=1S/C25H26ClNO5/c1-24(2)20(10-11-21(28)30-14-13-26)22(24)23(29)31-17-25(16-27)12-6-9-19(15-25)32-18-7-4-3-5-8-18/h3-12,20,22H,13-15,17H2,1-2H3/b11-10+/t20-,22-,25?/m0/s1. The molecule has 0 aliphatic heterocycles. The number of ether oxygens (including phenoxy) is 3. The molecule has 0 bridgehead atoms. The number of allylic oxidation sites excluding steroid dienone is 4. The van der Waals surface area contributed by atoms with Crippen molar-refractivity contribution < 1.29 is 23.8 Å². The number of halogens is 1. The second-order valence-corrected chi connectivity index (χ2v) is 8.88. The minimum absolute atomic E-state index is 0.0743. The van der Waals surface area contributed by atoms with E-state index in [0.717, 1.165) is 0 Å². The summed E-state index contributed by atoms with van der Waals surface area (Å²) in [5, 5.41) is 9.82. The van der Waals surface area contributed by atoms with Gasteiger partial charge in [0.15, 0.2) is 0 Å². The van der Waals surface area contributed by atoms with Crippen LogP contribution in [0.15, 0.2) is 66.5 Å². The SMILES string of the molecule is CC1(C)[C@H](C(=O)OCC2(C#N)C=CC=C(Oc3ccccc3)C2)[C@@H]1/C=C/C(=O)OCCCl. The predicted molar refractivity (Wildman–Crippen MR) is 119 cm³/mol. The van der Waals surface area contributed by atoms with Gasteiger partial charge in [-0.2, -0.15) is 5.26 Å². The fraction of sp³-hybridized carbons (Fsp3) is 0.400. The number of rotatable bonds is 9. The molecule has 1 aromatic carbocycles. The molecule has 7 heteroatoms. The van der Waals surface area contributed by atoms with Crippen LogP contribution < -0.4 is 4.74 Å². The molecule has 1 aromatic rings. The Labute approximate surface area is 193 Å². The first-order chi connectivity index (χ1) is 15.3. The maximum absolute atomic E-state index is 12.8. The number of esters is 2. The smallest absolute Gasteiger partial charge is 0.330 e. The topological polar surface area (TPSA) is 85.6 Å². The second kappa shape index (κ2) is 10.1. The van der Waals surface area contributed by atoms with Crippen molar-refractivity contribution in [2.24, 2.45) is 22.7 Å². The van der Waals surface area contributed by atoms with Gasteiger partial charge in [0, 0.05) is 12.5 Å². The summed E-state index contributed by atoms with van der Waals surface area (Å²) >= 11 is 5.50. The van der Waals surface area contributed by atoms with Gasteiger partial charge in [0.05, 0.1) is 17.9 Å². The monoisotopic (exact) mass is 455 g/mol. The first-order valence-electron chi connectivity index (χ1n) is 10.4. The molecule has 2 aliphatic carbocycles. The molecule has 0 heterocycles. The van der Waals surface area contributed by atoms with E-state index in [9.17, 15) is 14.9 Å². The molecule has 32 heavy (non-hydrogen) atoms. The summed E-state index contributed by atoms with van der Waals surface area (Å²) in [5.41, 5.74) is -1.34. The Hall–Kier alpha value is -3.04. The normalized spacial score (nSPS) is 25.5. The van der Waals surface area contributed by atoms with E-state index in [1.165, 1.54) is 6.08 Å². The van der Waals surface area contributed by atoms with Crippen molar-refractivity contribution in [1.82, 2.24) is 0 Å². The summed E-state index contributed by atoms with van der Waals surface area (Å²) in [4.78, 5) is 24.4. The molecule has 0 saturated heterocycles. The Kier molecular flexibility index (Phi) is 7.42. The van der Waals surface area contributed by atoms with Gasteiger partial charge in [-0.1, -0.05) is 50.3 Å². The van der Waals surface area contributed by atoms with E-state index in [1.54, 1.807) is 24.3 Å². The van der Waals surface area contributed by atoms with Crippen LogP contribution in [-0.2, 0) is 19.1 Å². The van der Waals surface area contributed by atoms with E-state index in [4.69, 9.17) is 25.8 Å². The summed E-state index contributed by atoms with van der Waals surface area (Å²) in [6, 6.07) is 11.6. The predicted octanol–water partition coefficient (Wildman–Crippen LogP) is 4.57. The van der Waals surface area contributed by atoms with Crippen LogP contribution >= 0.6 is 11.6 Å². The van der Waals surface area contributed by atoms with E-state index >= 15 is 0 Å². The highest BCUT2D eigenvalue weighted by Gasteiger charge is 2.61. The lowest BCUT2D eigenvalue weighted by atomic mass is 9.83. The maximum Gasteiger partial charge on any atom is 0.330 e. The number of hydrogen-bond donors (Lipinski definition) is 0. The molecule has 3 atom stereocenters. The Balaban J connectivity index is 1.57. The number of para-hydroxylation sites is 1. The van der Waals surface area contributed by atoms with Crippen LogP contribution in [0.25, 0.3) is 0 Å². The summed E-state index contributed by atoms with van der Waals surface area (Å²) in [6.07, 6.45) is 8.59. The molecule has 1 fully saturated rings. The van der Waals surface area contributed by atoms with E-state index in [2.05, 4.69) is 6.07 Å². The molecule has 0 spiro atoms. The van der Waals surface area contributed by atoms with Gasteiger partial charge in [-0.25, -0.2) is 4.79 Å². The minimum atomic E-state index is -0.996. The van der Waals surface area contributed by atoms with Gasteiger partial charge in [-0.3, -0.25) is 4.79 Å². The first kappa shape index (κ1) is 23.6. The molecule has 0 aromatic heterocycles. The second-order valence-electron chi connectivity index (χ2n) is 8.50. The maximum atomic E-state index is 12.8. The molecular weight excluding hydrogens is 430 g/mol. The van der Waals surface area contributed by atoms with Gasteiger partial charge in [-0.15, -0.1) is 11.6 Å². The third-order valence-corrected chi connectivity index (χ3v) is 5.95. The van der Waals surface area contributed by atoms with Crippen LogP contribution in [0.2, 0.25) is 0 Å². The fourth-order valence-corrected chi connectivity index (χ4v) is 3.91. The molecule has 0 radical (unpaired) electrons. The van der Waals surface area contributed by atoms with Gasteiger partial charge < -0.3 is 14.2 Å². The van der Waals surface area contributed by atoms with Crippen LogP contribution in [0, 0.1) is 34.0 Å². The van der Waals surface area contributed by atoms with E-state index < -0.39 is 17.3 Å². The molecule has 2 aliphatic rings. The molecule has 1 saturated carbocycles.